The van der Waals surface area contributed by atoms with E-state index in [1.54, 1.807) is 11.6 Å². The number of carbonyl (C=O) groups is 1. The van der Waals surface area contributed by atoms with E-state index in [2.05, 4.69) is 9.88 Å². The van der Waals surface area contributed by atoms with E-state index < -0.39 is 5.97 Å². The number of carboxylic acids is 1. The molecule has 0 amide bonds. The Morgan fingerprint density at radius 1 is 1.56 bits per heavy atom. The van der Waals surface area contributed by atoms with Gasteiger partial charge in [0, 0.05) is 38.8 Å². The van der Waals surface area contributed by atoms with Crippen LogP contribution in [0, 0.1) is 0 Å². The Morgan fingerprint density at radius 2 is 2.31 bits per heavy atom. The van der Waals surface area contributed by atoms with Gasteiger partial charge in [-0.25, -0.2) is 9.78 Å². The highest BCUT2D eigenvalue weighted by Gasteiger charge is 2.24. The molecule has 0 spiro atoms. The first-order valence-corrected chi connectivity index (χ1v) is 5.24. The van der Waals surface area contributed by atoms with Crippen LogP contribution >= 0.6 is 0 Å². The van der Waals surface area contributed by atoms with Crippen LogP contribution in [-0.2, 0) is 20.0 Å². The van der Waals surface area contributed by atoms with Gasteiger partial charge in [-0.05, 0) is 0 Å². The molecular weight excluding hydrogens is 210 g/mol. The Balaban J connectivity index is 2.26. The van der Waals surface area contributed by atoms with E-state index in [-0.39, 0.29) is 12.4 Å². The number of imidazole rings is 1. The summed E-state index contributed by atoms with van der Waals surface area (Å²) in [6, 6.07) is 0. The number of aliphatic hydroxyl groups excluding tert-OH is 1. The summed E-state index contributed by atoms with van der Waals surface area (Å²) >= 11 is 0. The molecule has 2 heterocycles. The molecule has 0 atom stereocenters. The van der Waals surface area contributed by atoms with E-state index in [1.165, 1.54) is 0 Å². The summed E-state index contributed by atoms with van der Waals surface area (Å²) in [7, 11) is 1.73. The third-order valence-corrected chi connectivity index (χ3v) is 2.94. The van der Waals surface area contributed by atoms with Crippen LogP contribution in [0.1, 0.15) is 22.0 Å². The zero-order chi connectivity index (χ0) is 11.7. The second-order valence-corrected chi connectivity index (χ2v) is 3.94. The molecule has 6 nitrogen and oxygen atoms in total. The van der Waals surface area contributed by atoms with Crippen molar-refractivity contribution in [3.63, 3.8) is 0 Å². The van der Waals surface area contributed by atoms with Crippen molar-refractivity contribution in [3.8, 4) is 0 Å². The van der Waals surface area contributed by atoms with E-state index >= 15 is 0 Å². The van der Waals surface area contributed by atoms with Crippen LogP contribution < -0.4 is 0 Å². The second-order valence-electron chi connectivity index (χ2n) is 3.94. The van der Waals surface area contributed by atoms with Crippen molar-refractivity contribution in [2.45, 2.75) is 13.0 Å². The molecule has 1 aliphatic rings. The Hall–Kier alpha value is -1.40. The predicted molar refractivity (Wildman–Crippen MR) is 56.2 cm³/mol. The van der Waals surface area contributed by atoms with Crippen LogP contribution in [0.25, 0.3) is 0 Å². The van der Waals surface area contributed by atoms with Gasteiger partial charge in [-0.3, -0.25) is 4.90 Å². The molecule has 0 aliphatic carbocycles. The highest BCUT2D eigenvalue weighted by molar-refractivity contribution is 5.83. The van der Waals surface area contributed by atoms with Crippen LogP contribution in [0.2, 0.25) is 0 Å². The van der Waals surface area contributed by atoms with Crippen molar-refractivity contribution in [1.29, 1.82) is 0 Å². The summed E-state index contributed by atoms with van der Waals surface area (Å²) in [4.78, 5) is 17.1. The lowest BCUT2D eigenvalue weighted by atomic mass is 10.1. The highest BCUT2D eigenvalue weighted by atomic mass is 16.4. The third kappa shape index (κ3) is 1.81. The molecule has 0 saturated heterocycles. The molecule has 0 aromatic carbocycles. The van der Waals surface area contributed by atoms with Gasteiger partial charge in [-0.15, -0.1) is 0 Å². The number of rotatable bonds is 3. The Labute approximate surface area is 93.1 Å². The first-order chi connectivity index (χ1) is 7.63. The van der Waals surface area contributed by atoms with Crippen LogP contribution in [0.4, 0.5) is 0 Å². The molecule has 0 radical (unpaired) electrons. The fourth-order valence-corrected chi connectivity index (χ4v) is 2.11. The summed E-state index contributed by atoms with van der Waals surface area (Å²) in [6.45, 7) is 2.19. The van der Waals surface area contributed by atoms with Crippen molar-refractivity contribution < 1.29 is 15.0 Å². The maximum Gasteiger partial charge on any atom is 0.372 e. The molecule has 0 unspecified atom stereocenters. The van der Waals surface area contributed by atoms with Crippen molar-refractivity contribution in [2.75, 3.05) is 19.7 Å². The smallest absolute Gasteiger partial charge is 0.372 e. The van der Waals surface area contributed by atoms with Gasteiger partial charge in [0.2, 0.25) is 5.82 Å². The number of aromatic nitrogens is 2. The summed E-state index contributed by atoms with van der Waals surface area (Å²) in [5, 5.41) is 17.8. The lowest BCUT2D eigenvalue weighted by Crippen LogP contribution is -2.33. The largest absolute Gasteiger partial charge is 0.475 e. The quantitative estimate of drug-likeness (QED) is 0.723. The van der Waals surface area contributed by atoms with Crippen molar-refractivity contribution in [3.05, 3.63) is 17.2 Å². The first-order valence-electron chi connectivity index (χ1n) is 5.24. The minimum Gasteiger partial charge on any atom is -0.475 e. The zero-order valence-electron chi connectivity index (χ0n) is 9.18. The number of hydrogen-bond donors (Lipinski definition) is 2. The summed E-state index contributed by atoms with van der Waals surface area (Å²) in [5.74, 6) is -0.901. The standard InChI is InChI=1S/C10H15N3O3/c1-12-8-2-3-13(4-5-14)6-7(8)11-9(12)10(15)16/h14H,2-6H2,1H3,(H,15,16). The SMILES string of the molecule is Cn1c(C(=O)O)nc2c1CCN(CCO)C2. The average Bonchev–Trinajstić information content (AvgIpc) is 2.56. The number of aromatic carboxylic acids is 1. The molecule has 0 saturated carbocycles. The molecule has 2 N–H and O–H groups in total. The fourth-order valence-electron chi connectivity index (χ4n) is 2.11. The van der Waals surface area contributed by atoms with Gasteiger partial charge in [0.05, 0.1) is 12.3 Å². The molecular formula is C10H15N3O3. The Bertz CT molecular complexity index is 414. The topological polar surface area (TPSA) is 78.6 Å². The van der Waals surface area contributed by atoms with Gasteiger partial charge >= 0.3 is 5.97 Å². The normalized spacial score (nSPS) is 16.1. The van der Waals surface area contributed by atoms with Crippen molar-refractivity contribution in [1.82, 2.24) is 14.5 Å². The van der Waals surface area contributed by atoms with Gasteiger partial charge in [-0.2, -0.15) is 0 Å². The lowest BCUT2D eigenvalue weighted by Gasteiger charge is -2.25. The van der Waals surface area contributed by atoms with Gasteiger partial charge in [-0.1, -0.05) is 0 Å². The second kappa shape index (κ2) is 4.23. The molecule has 2 rings (SSSR count). The zero-order valence-corrected chi connectivity index (χ0v) is 9.18. The summed E-state index contributed by atoms with van der Waals surface area (Å²) < 4.78 is 1.65. The van der Waals surface area contributed by atoms with Gasteiger partial charge in [0.1, 0.15) is 0 Å². The number of fused-ring (bicyclic) bond motifs is 1. The molecule has 1 aromatic heterocycles. The monoisotopic (exact) mass is 225 g/mol. The van der Waals surface area contributed by atoms with Gasteiger partial charge in [0.15, 0.2) is 0 Å². The molecule has 16 heavy (non-hydrogen) atoms. The van der Waals surface area contributed by atoms with Crippen LogP contribution in [0.5, 0.6) is 0 Å². The number of aliphatic hydroxyl groups is 1. The molecule has 88 valence electrons. The maximum absolute atomic E-state index is 10.9. The first kappa shape index (κ1) is 11.1. The van der Waals surface area contributed by atoms with E-state index in [0.717, 1.165) is 24.4 Å². The third-order valence-electron chi connectivity index (χ3n) is 2.94. The highest BCUT2D eigenvalue weighted by Crippen LogP contribution is 2.18. The van der Waals surface area contributed by atoms with Crippen molar-refractivity contribution >= 4 is 5.97 Å². The minimum atomic E-state index is -0.995. The number of β-amino-alcohol motifs (C(OH)–C–C–N with tert-alkyl or cyclic N) is 1. The molecule has 1 aromatic rings. The fraction of sp³-hybridized carbons (Fsp3) is 0.600. The Morgan fingerprint density at radius 3 is 2.94 bits per heavy atom. The van der Waals surface area contributed by atoms with Gasteiger partial charge < -0.3 is 14.8 Å². The predicted octanol–water partition coefficient (Wildman–Crippen LogP) is -0.531. The van der Waals surface area contributed by atoms with Gasteiger partial charge in [0.25, 0.3) is 0 Å². The van der Waals surface area contributed by atoms with E-state index in [9.17, 15) is 4.79 Å². The molecule has 0 bridgehead atoms. The van der Waals surface area contributed by atoms with E-state index in [4.69, 9.17) is 10.2 Å². The number of carboxylic acid groups (broad SMARTS) is 1. The van der Waals surface area contributed by atoms with Crippen LogP contribution in [0.15, 0.2) is 0 Å². The number of nitrogens with zero attached hydrogens (tertiary/aromatic N) is 3. The van der Waals surface area contributed by atoms with Crippen LogP contribution in [-0.4, -0.2) is 50.3 Å². The molecule has 1 aliphatic heterocycles. The van der Waals surface area contributed by atoms with E-state index in [0.29, 0.717) is 13.1 Å². The van der Waals surface area contributed by atoms with Crippen molar-refractivity contribution in [2.24, 2.45) is 7.05 Å². The molecule has 0 fully saturated rings. The van der Waals surface area contributed by atoms with Crippen LogP contribution in [0.3, 0.4) is 0 Å². The molecule has 6 heteroatoms. The summed E-state index contributed by atoms with van der Waals surface area (Å²) in [6.07, 6.45) is 0.784. The lowest BCUT2D eigenvalue weighted by molar-refractivity contribution is 0.0679. The average molecular weight is 225 g/mol. The van der Waals surface area contributed by atoms with E-state index in [1.807, 2.05) is 0 Å². The minimum absolute atomic E-state index is 0.0934. The summed E-state index contributed by atoms with van der Waals surface area (Å²) in [5.41, 5.74) is 1.81. The Kier molecular flexibility index (Phi) is 2.93. The maximum atomic E-state index is 10.9. The number of hydrogen-bond acceptors (Lipinski definition) is 4.